The van der Waals surface area contributed by atoms with Crippen molar-refractivity contribution >= 4 is 17.7 Å². The van der Waals surface area contributed by atoms with Crippen LogP contribution in [0.5, 0.6) is 0 Å². The van der Waals surface area contributed by atoms with Crippen molar-refractivity contribution in [2.45, 2.75) is 52.6 Å². The fraction of sp³-hybridized carbons (Fsp3) is 0.850. The Hall–Kier alpha value is -1.51. The Morgan fingerprint density at radius 1 is 0.857 bits per heavy atom. The number of carboxylic acid groups (broad SMARTS) is 1. The number of hydrogen-bond donors (Lipinski definition) is 1. The quantitative estimate of drug-likeness (QED) is 0.455. The van der Waals surface area contributed by atoms with Gasteiger partial charge in [-0.1, -0.05) is 0 Å². The van der Waals surface area contributed by atoms with E-state index in [4.69, 9.17) is 9.84 Å². The summed E-state index contributed by atoms with van der Waals surface area (Å²) in [5.74, 6) is -0.871. The summed E-state index contributed by atoms with van der Waals surface area (Å²) < 4.78 is 5.45. The van der Waals surface area contributed by atoms with Crippen LogP contribution in [0.3, 0.4) is 0 Å². The van der Waals surface area contributed by atoms with Crippen LogP contribution in [-0.2, 0) is 19.1 Å². The van der Waals surface area contributed by atoms with Gasteiger partial charge in [-0.3, -0.25) is 24.2 Å². The van der Waals surface area contributed by atoms with Gasteiger partial charge in [0.05, 0.1) is 13.1 Å². The van der Waals surface area contributed by atoms with Crippen molar-refractivity contribution < 1.29 is 24.2 Å². The van der Waals surface area contributed by atoms with Crippen LogP contribution in [0, 0.1) is 0 Å². The summed E-state index contributed by atoms with van der Waals surface area (Å²) in [5, 5.41) is 8.78. The molecule has 1 fully saturated rings. The summed E-state index contributed by atoms with van der Waals surface area (Å²) in [4.78, 5) is 41.0. The number of unbranched alkanes of at least 4 members (excludes halogenated alkanes) is 1. The SMILES string of the molecule is CC(=O)CN1CCN(CCCCC(=O)O)CCN(CC(=O)OC(C)(C)C)CC1. The maximum Gasteiger partial charge on any atom is 0.320 e. The Labute approximate surface area is 168 Å². The van der Waals surface area contributed by atoms with Gasteiger partial charge in [-0.05, 0) is 47.1 Å². The summed E-state index contributed by atoms with van der Waals surface area (Å²) in [5.41, 5.74) is -0.506. The molecule has 0 saturated carbocycles. The molecule has 28 heavy (non-hydrogen) atoms. The number of esters is 1. The summed E-state index contributed by atoms with van der Waals surface area (Å²) in [6, 6.07) is 0. The standard InChI is InChI=1S/C20H37N3O5/c1-17(24)15-22-11-9-21(8-6-5-7-18(25)26)10-12-23(14-13-22)16-19(27)28-20(2,3)4/h5-16H2,1-4H3,(H,25,26). The van der Waals surface area contributed by atoms with E-state index in [1.54, 1.807) is 6.92 Å². The summed E-state index contributed by atoms with van der Waals surface area (Å²) in [6.07, 6.45) is 1.67. The van der Waals surface area contributed by atoms with Gasteiger partial charge in [-0.2, -0.15) is 0 Å². The molecule has 1 saturated heterocycles. The van der Waals surface area contributed by atoms with Crippen molar-refractivity contribution in [2.75, 3.05) is 58.9 Å². The molecule has 8 nitrogen and oxygen atoms in total. The molecule has 0 aliphatic carbocycles. The highest BCUT2D eigenvalue weighted by atomic mass is 16.6. The zero-order valence-electron chi connectivity index (χ0n) is 17.9. The molecule has 8 heteroatoms. The zero-order valence-corrected chi connectivity index (χ0v) is 17.9. The maximum atomic E-state index is 12.2. The Morgan fingerprint density at radius 2 is 1.36 bits per heavy atom. The molecule has 0 amide bonds. The van der Waals surface area contributed by atoms with Gasteiger partial charge in [0, 0.05) is 45.7 Å². The minimum atomic E-state index is -0.763. The van der Waals surface area contributed by atoms with Crippen LogP contribution in [0.2, 0.25) is 0 Å². The van der Waals surface area contributed by atoms with E-state index in [2.05, 4.69) is 14.7 Å². The molecule has 1 aliphatic heterocycles. The summed E-state index contributed by atoms with van der Waals surface area (Å²) in [6.45, 7) is 13.2. The summed E-state index contributed by atoms with van der Waals surface area (Å²) in [7, 11) is 0. The number of rotatable bonds is 9. The second-order valence-corrected chi connectivity index (χ2v) is 8.53. The Kier molecular flexibility index (Phi) is 10.6. The molecule has 0 aromatic carbocycles. The number of carbonyl (C=O) groups excluding carboxylic acids is 2. The Morgan fingerprint density at radius 3 is 1.82 bits per heavy atom. The molecular formula is C20H37N3O5. The van der Waals surface area contributed by atoms with Crippen LogP contribution in [0.15, 0.2) is 0 Å². The number of Topliss-reactive ketones (excluding diaryl/α,β-unsaturated/α-hetero) is 1. The topological polar surface area (TPSA) is 90.4 Å². The highest BCUT2D eigenvalue weighted by Crippen LogP contribution is 2.09. The van der Waals surface area contributed by atoms with Crippen molar-refractivity contribution in [1.29, 1.82) is 0 Å². The number of hydrogen-bond acceptors (Lipinski definition) is 7. The Balaban J connectivity index is 2.65. The van der Waals surface area contributed by atoms with E-state index in [1.165, 1.54) is 0 Å². The number of aliphatic carboxylic acids is 1. The number of carboxylic acids is 1. The van der Waals surface area contributed by atoms with Crippen LogP contribution < -0.4 is 0 Å². The third-order valence-corrected chi connectivity index (χ3v) is 4.53. The lowest BCUT2D eigenvalue weighted by Gasteiger charge is -2.27. The fourth-order valence-corrected chi connectivity index (χ4v) is 3.21. The Bertz CT molecular complexity index is 518. The first-order valence-electron chi connectivity index (χ1n) is 10.2. The van der Waals surface area contributed by atoms with Crippen molar-refractivity contribution in [2.24, 2.45) is 0 Å². The molecule has 0 unspecified atom stereocenters. The molecule has 162 valence electrons. The molecule has 0 atom stereocenters. The monoisotopic (exact) mass is 399 g/mol. The van der Waals surface area contributed by atoms with E-state index < -0.39 is 11.6 Å². The van der Waals surface area contributed by atoms with E-state index in [1.807, 2.05) is 20.8 Å². The minimum Gasteiger partial charge on any atom is -0.481 e. The van der Waals surface area contributed by atoms with Gasteiger partial charge < -0.3 is 14.7 Å². The van der Waals surface area contributed by atoms with E-state index >= 15 is 0 Å². The smallest absolute Gasteiger partial charge is 0.320 e. The number of nitrogens with zero attached hydrogens (tertiary/aromatic N) is 3. The largest absolute Gasteiger partial charge is 0.481 e. The first-order valence-corrected chi connectivity index (χ1v) is 10.2. The molecule has 1 aliphatic rings. The van der Waals surface area contributed by atoms with Gasteiger partial charge in [0.15, 0.2) is 0 Å². The number of ether oxygens (including phenoxy) is 1. The van der Waals surface area contributed by atoms with Crippen LogP contribution in [0.4, 0.5) is 0 Å². The molecule has 0 radical (unpaired) electrons. The third kappa shape index (κ3) is 12.0. The van der Waals surface area contributed by atoms with Crippen molar-refractivity contribution in [3.63, 3.8) is 0 Å². The normalized spacial score (nSPS) is 18.1. The molecule has 0 spiro atoms. The zero-order chi connectivity index (χ0) is 21.2. The third-order valence-electron chi connectivity index (χ3n) is 4.53. The second kappa shape index (κ2) is 12.1. The lowest BCUT2D eigenvalue weighted by molar-refractivity contribution is -0.156. The van der Waals surface area contributed by atoms with E-state index in [-0.39, 0.29) is 24.7 Å². The van der Waals surface area contributed by atoms with Crippen LogP contribution in [0.25, 0.3) is 0 Å². The molecule has 0 bridgehead atoms. The van der Waals surface area contributed by atoms with Crippen molar-refractivity contribution in [3.8, 4) is 0 Å². The first-order chi connectivity index (χ1) is 13.0. The van der Waals surface area contributed by atoms with Gasteiger partial charge in [0.1, 0.15) is 11.4 Å². The fourth-order valence-electron chi connectivity index (χ4n) is 3.21. The van der Waals surface area contributed by atoms with Gasteiger partial charge >= 0.3 is 11.9 Å². The molecule has 1 N–H and O–H groups in total. The van der Waals surface area contributed by atoms with Crippen LogP contribution in [-0.4, -0.2) is 102 Å². The lowest BCUT2D eigenvalue weighted by atomic mass is 10.2. The predicted molar refractivity (Wildman–Crippen MR) is 107 cm³/mol. The lowest BCUT2D eigenvalue weighted by Crippen LogP contribution is -2.41. The molecule has 1 heterocycles. The molecular weight excluding hydrogens is 362 g/mol. The van der Waals surface area contributed by atoms with E-state index in [9.17, 15) is 14.4 Å². The highest BCUT2D eigenvalue weighted by molar-refractivity contribution is 5.77. The highest BCUT2D eigenvalue weighted by Gasteiger charge is 2.22. The first kappa shape index (κ1) is 24.5. The van der Waals surface area contributed by atoms with Crippen molar-refractivity contribution in [1.82, 2.24) is 14.7 Å². The van der Waals surface area contributed by atoms with Gasteiger partial charge in [-0.25, -0.2) is 0 Å². The number of carbonyl (C=O) groups is 3. The average molecular weight is 400 g/mol. The van der Waals surface area contributed by atoms with E-state index in [0.29, 0.717) is 19.5 Å². The van der Waals surface area contributed by atoms with E-state index in [0.717, 1.165) is 45.7 Å². The molecule has 0 aromatic heterocycles. The van der Waals surface area contributed by atoms with Gasteiger partial charge in [0.25, 0.3) is 0 Å². The summed E-state index contributed by atoms with van der Waals surface area (Å²) >= 11 is 0. The molecule has 1 rings (SSSR count). The molecule has 0 aromatic rings. The average Bonchev–Trinajstić information content (AvgIpc) is 2.62. The van der Waals surface area contributed by atoms with Crippen LogP contribution in [0.1, 0.15) is 47.0 Å². The minimum absolute atomic E-state index is 0.131. The van der Waals surface area contributed by atoms with Gasteiger partial charge in [0.2, 0.25) is 0 Å². The number of ketones is 1. The second-order valence-electron chi connectivity index (χ2n) is 8.53. The van der Waals surface area contributed by atoms with Gasteiger partial charge in [-0.15, -0.1) is 0 Å². The predicted octanol–water partition coefficient (Wildman–Crippen LogP) is 1.09. The van der Waals surface area contributed by atoms with Crippen LogP contribution >= 0.6 is 0 Å². The maximum absolute atomic E-state index is 12.2. The van der Waals surface area contributed by atoms with Crippen molar-refractivity contribution in [3.05, 3.63) is 0 Å².